The molecule has 0 aromatic heterocycles. The molecule has 0 bridgehead atoms. The maximum atomic E-state index is 11.6. The highest BCUT2D eigenvalue weighted by Gasteiger charge is 2.03. The zero-order valence-corrected chi connectivity index (χ0v) is 11.3. The number of para-hydroxylation sites is 1. The second-order valence-corrected chi connectivity index (χ2v) is 4.23. The number of hydrogen-bond acceptors (Lipinski definition) is 3. The van der Waals surface area contributed by atoms with Crippen LogP contribution < -0.4 is 10.1 Å². The van der Waals surface area contributed by atoms with E-state index in [-0.39, 0.29) is 0 Å². The molecule has 0 aliphatic carbocycles. The Morgan fingerprint density at radius 3 is 2.65 bits per heavy atom. The number of carbonyl (C=O) groups is 1. The van der Waals surface area contributed by atoms with Gasteiger partial charge in [0.2, 0.25) is 0 Å². The van der Waals surface area contributed by atoms with Crippen molar-refractivity contribution in [2.24, 2.45) is 0 Å². The van der Waals surface area contributed by atoms with Gasteiger partial charge >= 0.3 is 6.09 Å². The smallest absolute Gasteiger partial charge is 0.411 e. The lowest BCUT2D eigenvalue weighted by molar-refractivity contribution is 0.163. The highest BCUT2D eigenvalue weighted by Crippen LogP contribution is 2.13. The van der Waals surface area contributed by atoms with Crippen LogP contribution in [0.15, 0.2) is 54.6 Å². The molecule has 104 valence electrons. The normalized spacial score (nSPS) is 9.85. The Labute approximate surface area is 118 Å². The summed E-state index contributed by atoms with van der Waals surface area (Å²) in [6.45, 7) is 0.325. The molecular formula is C16H17NO3. The highest BCUT2D eigenvalue weighted by atomic mass is 16.5. The van der Waals surface area contributed by atoms with Crippen LogP contribution in [-0.4, -0.2) is 19.8 Å². The average Bonchev–Trinajstić information content (AvgIpc) is 2.48. The second-order valence-electron chi connectivity index (χ2n) is 4.23. The molecule has 1 amide bonds. The van der Waals surface area contributed by atoms with Crippen molar-refractivity contribution in [1.82, 2.24) is 0 Å². The Morgan fingerprint density at radius 1 is 1.10 bits per heavy atom. The van der Waals surface area contributed by atoms with E-state index in [0.29, 0.717) is 13.0 Å². The van der Waals surface area contributed by atoms with Gasteiger partial charge in [0, 0.05) is 12.1 Å². The first-order valence-corrected chi connectivity index (χ1v) is 6.39. The van der Waals surface area contributed by atoms with Gasteiger partial charge in [-0.3, -0.25) is 5.32 Å². The van der Waals surface area contributed by atoms with Crippen LogP contribution in [0, 0.1) is 0 Å². The molecule has 2 rings (SSSR count). The van der Waals surface area contributed by atoms with Crippen molar-refractivity contribution in [2.45, 2.75) is 6.42 Å². The van der Waals surface area contributed by atoms with E-state index >= 15 is 0 Å². The number of carbonyl (C=O) groups excluding carboxylic acids is 1. The summed E-state index contributed by atoms with van der Waals surface area (Å²) in [7, 11) is 1.63. The monoisotopic (exact) mass is 271 g/mol. The van der Waals surface area contributed by atoms with E-state index in [1.807, 2.05) is 54.6 Å². The second kappa shape index (κ2) is 7.19. The predicted octanol–water partition coefficient (Wildman–Crippen LogP) is 3.49. The molecule has 0 saturated heterocycles. The highest BCUT2D eigenvalue weighted by molar-refractivity contribution is 5.84. The van der Waals surface area contributed by atoms with E-state index in [0.717, 1.165) is 17.0 Å². The van der Waals surface area contributed by atoms with Crippen LogP contribution in [0.2, 0.25) is 0 Å². The molecule has 0 atom stereocenters. The van der Waals surface area contributed by atoms with Crippen LogP contribution in [0.25, 0.3) is 0 Å². The van der Waals surface area contributed by atoms with Gasteiger partial charge in [-0.15, -0.1) is 0 Å². The van der Waals surface area contributed by atoms with Gasteiger partial charge in [-0.25, -0.2) is 4.79 Å². The molecule has 2 aromatic rings. The minimum absolute atomic E-state index is 0.325. The lowest BCUT2D eigenvalue weighted by Gasteiger charge is -2.07. The third kappa shape index (κ3) is 4.31. The number of benzene rings is 2. The number of amides is 1. The average molecular weight is 271 g/mol. The lowest BCUT2D eigenvalue weighted by atomic mass is 10.1. The van der Waals surface area contributed by atoms with Crippen molar-refractivity contribution in [1.29, 1.82) is 0 Å². The number of ether oxygens (including phenoxy) is 2. The molecule has 4 nitrogen and oxygen atoms in total. The van der Waals surface area contributed by atoms with Crippen LogP contribution in [0.1, 0.15) is 5.56 Å². The maximum Gasteiger partial charge on any atom is 0.411 e. The number of anilines is 1. The number of nitrogens with one attached hydrogen (secondary N) is 1. The van der Waals surface area contributed by atoms with Crippen molar-refractivity contribution in [3.05, 3.63) is 60.2 Å². The molecule has 0 radical (unpaired) electrons. The molecular weight excluding hydrogens is 254 g/mol. The van der Waals surface area contributed by atoms with E-state index in [2.05, 4.69) is 5.32 Å². The standard InChI is InChI=1S/C16H17NO3/c1-19-15-9-5-6-13(12-15)10-11-20-16(18)17-14-7-3-2-4-8-14/h2-9,12H,10-11H2,1H3,(H,17,18). The van der Waals surface area contributed by atoms with Gasteiger partial charge in [0.15, 0.2) is 0 Å². The number of methoxy groups -OCH3 is 1. The summed E-state index contributed by atoms with van der Waals surface area (Å²) in [5, 5.41) is 2.66. The molecule has 0 fully saturated rings. The molecule has 0 saturated carbocycles. The van der Waals surface area contributed by atoms with Gasteiger partial charge in [-0.1, -0.05) is 30.3 Å². The maximum absolute atomic E-state index is 11.6. The molecule has 2 aromatic carbocycles. The summed E-state index contributed by atoms with van der Waals surface area (Å²) < 4.78 is 10.3. The third-order valence-electron chi connectivity index (χ3n) is 2.78. The molecule has 0 unspecified atom stereocenters. The lowest BCUT2D eigenvalue weighted by Crippen LogP contribution is -2.15. The Kier molecular flexibility index (Phi) is 5.00. The molecule has 4 heteroatoms. The van der Waals surface area contributed by atoms with E-state index in [4.69, 9.17) is 9.47 Å². The molecule has 0 heterocycles. The summed E-state index contributed by atoms with van der Waals surface area (Å²) in [4.78, 5) is 11.6. The van der Waals surface area contributed by atoms with Crippen LogP contribution >= 0.6 is 0 Å². The van der Waals surface area contributed by atoms with E-state index < -0.39 is 6.09 Å². The van der Waals surface area contributed by atoms with Crippen molar-refractivity contribution < 1.29 is 14.3 Å². The molecule has 0 aliphatic rings. The SMILES string of the molecule is COc1cccc(CCOC(=O)Nc2ccccc2)c1. The van der Waals surface area contributed by atoms with E-state index in [9.17, 15) is 4.79 Å². The first kappa shape index (κ1) is 13.9. The van der Waals surface area contributed by atoms with Crippen LogP contribution in [-0.2, 0) is 11.2 Å². The Morgan fingerprint density at radius 2 is 1.90 bits per heavy atom. The van der Waals surface area contributed by atoms with Crippen molar-refractivity contribution in [3.8, 4) is 5.75 Å². The largest absolute Gasteiger partial charge is 0.497 e. The first-order valence-electron chi connectivity index (χ1n) is 6.39. The number of rotatable bonds is 5. The third-order valence-corrected chi connectivity index (χ3v) is 2.78. The minimum Gasteiger partial charge on any atom is -0.497 e. The van der Waals surface area contributed by atoms with Crippen LogP contribution in [0.5, 0.6) is 5.75 Å². The van der Waals surface area contributed by atoms with Gasteiger partial charge in [0.25, 0.3) is 0 Å². The first-order chi connectivity index (χ1) is 9.78. The van der Waals surface area contributed by atoms with Crippen LogP contribution in [0.4, 0.5) is 10.5 Å². The molecule has 1 N–H and O–H groups in total. The van der Waals surface area contributed by atoms with Crippen molar-refractivity contribution in [2.75, 3.05) is 19.0 Å². The predicted molar refractivity (Wildman–Crippen MR) is 78.1 cm³/mol. The molecule has 0 spiro atoms. The van der Waals surface area contributed by atoms with Gasteiger partial charge in [-0.05, 0) is 29.8 Å². The zero-order valence-electron chi connectivity index (χ0n) is 11.3. The van der Waals surface area contributed by atoms with Crippen molar-refractivity contribution >= 4 is 11.8 Å². The Bertz CT molecular complexity index is 555. The summed E-state index contributed by atoms with van der Waals surface area (Å²) >= 11 is 0. The van der Waals surface area contributed by atoms with E-state index in [1.165, 1.54) is 0 Å². The molecule has 20 heavy (non-hydrogen) atoms. The molecule has 0 aliphatic heterocycles. The number of hydrogen-bond donors (Lipinski definition) is 1. The fourth-order valence-electron chi connectivity index (χ4n) is 1.76. The van der Waals surface area contributed by atoms with E-state index in [1.54, 1.807) is 7.11 Å². The Hall–Kier alpha value is -2.49. The fraction of sp³-hybridized carbons (Fsp3) is 0.188. The Balaban J connectivity index is 1.76. The summed E-state index contributed by atoms with van der Waals surface area (Å²) in [6.07, 6.45) is 0.207. The van der Waals surface area contributed by atoms with Crippen molar-refractivity contribution in [3.63, 3.8) is 0 Å². The van der Waals surface area contributed by atoms with Gasteiger partial charge in [-0.2, -0.15) is 0 Å². The van der Waals surface area contributed by atoms with Crippen LogP contribution in [0.3, 0.4) is 0 Å². The summed E-state index contributed by atoms with van der Waals surface area (Å²) in [5.41, 5.74) is 1.79. The topological polar surface area (TPSA) is 47.6 Å². The summed E-state index contributed by atoms with van der Waals surface area (Å²) in [6, 6.07) is 16.9. The zero-order chi connectivity index (χ0) is 14.2. The van der Waals surface area contributed by atoms with Gasteiger partial charge < -0.3 is 9.47 Å². The summed E-state index contributed by atoms with van der Waals surface area (Å²) in [5.74, 6) is 0.802. The quantitative estimate of drug-likeness (QED) is 0.905. The van der Waals surface area contributed by atoms with Gasteiger partial charge in [0.05, 0.1) is 13.7 Å². The fourth-order valence-corrected chi connectivity index (χ4v) is 1.76. The minimum atomic E-state index is -0.445. The van der Waals surface area contributed by atoms with Gasteiger partial charge in [0.1, 0.15) is 5.75 Å².